The Hall–Kier alpha value is -2.15. The SMILES string of the molecule is CC.CCC=CCC1CC=C(C)C=C1c1nccc2ccccc12.CCCC. The van der Waals surface area contributed by atoms with Gasteiger partial charge in [0.2, 0.25) is 0 Å². The zero-order valence-electron chi connectivity index (χ0n) is 18.8. The predicted molar refractivity (Wildman–Crippen MR) is 128 cm³/mol. The molecule has 0 saturated heterocycles. The second-order valence-corrected chi connectivity index (χ2v) is 6.98. The molecule has 0 spiro atoms. The van der Waals surface area contributed by atoms with Crippen LogP contribution in [0.25, 0.3) is 16.3 Å². The molecule has 0 aliphatic heterocycles. The molecule has 28 heavy (non-hydrogen) atoms. The Morgan fingerprint density at radius 1 is 1.00 bits per heavy atom. The van der Waals surface area contributed by atoms with Gasteiger partial charge in [-0.25, -0.2) is 0 Å². The van der Waals surface area contributed by atoms with E-state index in [9.17, 15) is 0 Å². The summed E-state index contributed by atoms with van der Waals surface area (Å²) in [6.07, 6.45) is 17.1. The van der Waals surface area contributed by atoms with E-state index in [-0.39, 0.29) is 0 Å². The van der Waals surface area contributed by atoms with Gasteiger partial charge in [-0.3, -0.25) is 4.98 Å². The fraction of sp³-hybridized carbons (Fsp3) is 0.444. The van der Waals surface area contributed by atoms with Crippen molar-refractivity contribution >= 4 is 16.3 Å². The van der Waals surface area contributed by atoms with E-state index in [4.69, 9.17) is 4.98 Å². The lowest BCUT2D eigenvalue weighted by molar-refractivity contribution is 0.682. The molecular formula is C27H39N. The van der Waals surface area contributed by atoms with Crippen molar-refractivity contribution in [2.45, 2.75) is 73.6 Å². The van der Waals surface area contributed by atoms with Crippen LogP contribution < -0.4 is 0 Å². The van der Waals surface area contributed by atoms with E-state index in [0.29, 0.717) is 5.92 Å². The minimum absolute atomic E-state index is 0.532. The van der Waals surface area contributed by atoms with E-state index in [0.717, 1.165) is 25.0 Å². The van der Waals surface area contributed by atoms with E-state index in [2.05, 4.69) is 82.3 Å². The molecule has 1 aromatic heterocycles. The lowest BCUT2D eigenvalue weighted by Gasteiger charge is -2.23. The van der Waals surface area contributed by atoms with Crippen molar-refractivity contribution in [3.05, 3.63) is 72.1 Å². The molecule has 0 fully saturated rings. The molecule has 1 heteroatoms. The molecule has 1 atom stereocenters. The van der Waals surface area contributed by atoms with Crippen LogP contribution in [0.1, 0.15) is 79.3 Å². The van der Waals surface area contributed by atoms with Gasteiger partial charge in [-0.2, -0.15) is 0 Å². The topological polar surface area (TPSA) is 12.9 Å². The third-order valence-corrected chi connectivity index (χ3v) is 4.82. The fourth-order valence-electron chi connectivity index (χ4n) is 3.14. The zero-order chi connectivity index (χ0) is 20.8. The van der Waals surface area contributed by atoms with Crippen LogP contribution in [0.5, 0.6) is 0 Å². The summed E-state index contributed by atoms with van der Waals surface area (Å²) in [7, 11) is 0. The van der Waals surface area contributed by atoms with Crippen LogP contribution in [0.4, 0.5) is 0 Å². The molecule has 152 valence electrons. The summed E-state index contributed by atoms with van der Waals surface area (Å²) in [5.74, 6) is 0.532. The van der Waals surface area contributed by atoms with Crippen LogP contribution >= 0.6 is 0 Å². The second-order valence-electron chi connectivity index (χ2n) is 6.98. The van der Waals surface area contributed by atoms with Gasteiger partial charge in [0.15, 0.2) is 0 Å². The average molecular weight is 378 g/mol. The summed E-state index contributed by atoms with van der Waals surface area (Å²) in [6.45, 7) is 12.7. The number of hydrogen-bond acceptors (Lipinski definition) is 1. The van der Waals surface area contributed by atoms with Crippen LogP contribution in [0.2, 0.25) is 0 Å². The van der Waals surface area contributed by atoms with Gasteiger partial charge in [0, 0.05) is 11.6 Å². The number of fused-ring (bicyclic) bond motifs is 1. The van der Waals surface area contributed by atoms with Crippen LogP contribution in [0, 0.1) is 5.92 Å². The van der Waals surface area contributed by atoms with Gasteiger partial charge in [-0.1, -0.05) is 102 Å². The Balaban J connectivity index is 0.000000583. The molecule has 0 bridgehead atoms. The minimum Gasteiger partial charge on any atom is -0.256 e. The van der Waals surface area contributed by atoms with E-state index < -0.39 is 0 Å². The van der Waals surface area contributed by atoms with Crippen molar-refractivity contribution in [1.82, 2.24) is 4.98 Å². The largest absolute Gasteiger partial charge is 0.256 e. The fourth-order valence-corrected chi connectivity index (χ4v) is 3.14. The van der Waals surface area contributed by atoms with Crippen molar-refractivity contribution in [2.24, 2.45) is 5.92 Å². The van der Waals surface area contributed by atoms with E-state index in [1.165, 1.54) is 34.8 Å². The number of pyridine rings is 1. The molecule has 3 rings (SSSR count). The van der Waals surface area contributed by atoms with Gasteiger partial charge >= 0.3 is 0 Å². The lowest BCUT2D eigenvalue weighted by atomic mass is 9.83. The Labute approximate surface area is 173 Å². The summed E-state index contributed by atoms with van der Waals surface area (Å²) in [5.41, 5.74) is 3.89. The number of aromatic nitrogens is 1. The number of unbranched alkanes of at least 4 members (excludes halogenated alkanes) is 1. The normalized spacial score (nSPS) is 15.9. The molecule has 0 radical (unpaired) electrons. The van der Waals surface area contributed by atoms with Gasteiger partial charge in [-0.15, -0.1) is 0 Å². The van der Waals surface area contributed by atoms with Crippen molar-refractivity contribution < 1.29 is 0 Å². The van der Waals surface area contributed by atoms with Crippen LogP contribution in [0.3, 0.4) is 0 Å². The standard InChI is InChI=1S/C21H23N.C4H10.C2H6/c1-3-4-5-8-17-12-11-16(2)15-20(17)21-19-10-7-6-9-18(19)13-14-22-21;1-3-4-2;1-2/h4-7,9-11,13-15,17H,3,8,12H2,1-2H3;3-4H2,1-2H3;1-2H3. The quantitative estimate of drug-likeness (QED) is 0.474. The lowest BCUT2D eigenvalue weighted by Crippen LogP contribution is -2.08. The number of allylic oxidation sites excluding steroid dienone is 6. The minimum atomic E-state index is 0.532. The Morgan fingerprint density at radius 3 is 2.39 bits per heavy atom. The highest BCUT2D eigenvalue weighted by molar-refractivity contribution is 5.93. The van der Waals surface area contributed by atoms with Crippen molar-refractivity contribution in [2.75, 3.05) is 0 Å². The second kappa shape index (κ2) is 13.9. The van der Waals surface area contributed by atoms with E-state index in [1.54, 1.807) is 0 Å². The summed E-state index contributed by atoms with van der Waals surface area (Å²) < 4.78 is 0. The molecular weight excluding hydrogens is 338 g/mol. The first-order valence-corrected chi connectivity index (χ1v) is 11.1. The Bertz CT molecular complexity index is 772. The molecule has 1 unspecified atom stereocenters. The summed E-state index contributed by atoms with van der Waals surface area (Å²) in [5, 5.41) is 2.53. The first-order chi connectivity index (χ1) is 13.7. The number of rotatable bonds is 5. The average Bonchev–Trinajstić information content (AvgIpc) is 2.76. The highest BCUT2D eigenvalue weighted by Crippen LogP contribution is 2.36. The molecule has 1 aromatic carbocycles. The highest BCUT2D eigenvalue weighted by Gasteiger charge is 2.20. The molecule has 0 amide bonds. The maximum Gasteiger partial charge on any atom is 0.0743 e. The summed E-state index contributed by atoms with van der Waals surface area (Å²) >= 11 is 0. The smallest absolute Gasteiger partial charge is 0.0743 e. The Morgan fingerprint density at radius 2 is 1.71 bits per heavy atom. The van der Waals surface area contributed by atoms with Crippen molar-refractivity contribution in [3.8, 4) is 0 Å². The molecule has 0 N–H and O–H groups in total. The molecule has 1 heterocycles. The van der Waals surface area contributed by atoms with Gasteiger partial charge in [0.25, 0.3) is 0 Å². The third kappa shape index (κ3) is 7.11. The van der Waals surface area contributed by atoms with E-state index >= 15 is 0 Å². The third-order valence-electron chi connectivity index (χ3n) is 4.82. The first kappa shape index (κ1) is 23.9. The van der Waals surface area contributed by atoms with Crippen LogP contribution in [0.15, 0.2) is 66.4 Å². The first-order valence-electron chi connectivity index (χ1n) is 11.1. The number of nitrogens with zero attached hydrogens (tertiary/aromatic N) is 1. The van der Waals surface area contributed by atoms with Crippen LogP contribution in [-0.2, 0) is 0 Å². The maximum absolute atomic E-state index is 4.72. The monoisotopic (exact) mass is 377 g/mol. The van der Waals surface area contributed by atoms with Crippen molar-refractivity contribution in [1.29, 1.82) is 0 Å². The molecule has 1 aliphatic rings. The molecule has 0 saturated carbocycles. The molecule has 1 nitrogen and oxygen atoms in total. The summed E-state index contributed by atoms with van der Waals surface area (Å²) in [4.78, 5) is 4.72. The summed E-state index contributed by atoms with van der Waals surface area (Å²) in [6, 6.07) is 10.6. The number of benzene rings is 1. The van der Waals surface area contributed by atoms with Crippen LogP contribution in [-0.4, -0.2) is 4.98 Å². The molecule has 1 aliphatic carbocycles. The maximum atomic E-state index is 4.72. The predicted octanol–water partition coefficient (Wildman–Crippen LogP) is 8.77. The number of hydrogen-bond donors (Lipinski definition) is 0. The molecule has 2 aromatic rings. The Kier molecular flexibility index (Phi) is 11.9. The highest BCUT2D eigenvalue weighted by atomic mass is 14.7. The zero-order valence-corrected chi connectivity index (χ0v) is 18.8. The van der Waals surface area contributed by atoms with Gasteiger partial charge in [-0.05, 0) is 49.1 Å². The van der Waals surface area contributed by atoms with E-state index in [1.807, 2.05) is 20.0 Å². The van der Waals surface area contributed by atoms with Gasteiger partial charge < -0.3 is 0 Å². The van der Waals surface area contributed by atoms with Crippen molar-refractivity contribution in [3.63, 3.8) is 0 Å². The van der Waals surface area contributed by atoms with Gasteiger partial charge in [0.1, 0.15) is 0 Å². The van der Waals surface area contributed by atoms with Gasteiger partial charge in [0.05, 0.1) is 5.69 Å².